The zero-order chi connectivity index (χ0) is 9.84. The van der Waals surface area contributed by atoms with Crippen molar-refractivity contribution in [1.29, 1.82) is 0 Å². The molecule has 1 heterocycles. The van der Waals surface area contributed by atoms with E-state index in [0.29, 0.717) is 18.6 Å². The molecule has 5 heteroatoms. The van der Waals surface area contributed by atoms with Crippen molar-refractivity contribution in [3.63, 3.8) is 0 Å². The molecule has 0 bridgehead atoms. The van der Waals surface area contributed by atoms with Gasteiger partial charge in [0.25, 0.3) is 0 Å². The fraction of sp³-hybridized carbons (Fsp3) is 1.00. The van der Waals surface area contributed by atoms with Gasteiger partial charge in [-0.3, -0.25) is 5.32 Å². The molecule has 4 nitrogen and oxygen atoms in total. The quantitative estimate of drug-likeness (QED) is 0.367. The minimum Gasteiger partial charge on any atom is -0.393 e. The summed E-state index contributed by atoms with van der Waals surface area (Å²) in [6.07, 6.45) is -0.398. The van der Waals surface area contributed by atoms with Crippen molar-refractivity contribution in [2.24, 2.45) is 0 Å². The molecule has 0 radical (unpaired) electrons. The molecule has 0 aromatic carbocycles. The SMILES string of the molecule is CNC(O)C1C[C@@H](O)C[C@@H](CS)O1. The summed E-state index contributed by atoms with van der Waals surface area (Å²) in [5.74, 6) is 0.573. The monoisotopic (exact) mass is 207 g/mol. The van der Waals surface area contributed by atoms with Crippen molar-refractivity contribution >= 4 is 12.6 Å². The van der Waals surface area contributed by atoms with Crippen LogP contribution in [0.2, 0.25) is 0 Å². The molecule has 0 saturated carbocycles. The first-order valence-corrected chi connectivity index (χ1v) is 5.10. The van der Waals surface area contributed by atoms with Gasteiger partial charge in [0.15, 0.2) is 0 Å². The second-order valence-electron chi connectivity index (χ2n) is 3.34. The van der Waals surface area contributed by atoms with Crippen LogP contribution in [0.4, 0.5) is 0 Å². The van der Waals surface area contributed by atoms with Crippen LogP contribution < -0.4 is 5.32 Å². The number of ether oxygens (including phenoxy) is 1. The van der Waals surface area contributed by atoms with Crippen molar-refractivity contribution in [3.05, 3.63) is 0 Å². The van der Waals surface area contributed by atoms with E-state index >= 15 is 0 Å². The lowest BCUT2D eigenvalue weighted by molar-refractivity contribution is -0.135. The number of hydrogen-bond acceptors (Lipinski definition) is 5. The van der Waals surface area contributed by atoms with Crippen molar-refractivity contribution < 1.29 is 14.9 Å². The summed E-state index contributed by atoms with van der Waals surface area (Å²) in [7, 11) is 1.66. The standard InChI is InChI=1S/C8H17NO3S/c1-9-8(11)7-3-5(10)2-6(4-13)12-7/h5-11,13H,2-4H2,1H3/t5-,6-,7?,8?/m0/s1. The van der Waals surface area contributed by atoms with E-state index in [9.17, 15) is 10.2 Å². The minimum atomic E-state index is -0.711. The van der Waals surface area contributed by atoms with Crippen molar-refractivity contribution in [1.82, 2.24) is 5.32 Å². The molecule has 0 aromatic heterocycles. The predicted octanol–water partition coefficient (Wildman–Crippen LogP) is -0.638. The Morgan fingerprint density at radius 3 is 2.85 bits per heavy atom. The molecule has 1 rings (SSSR count). The second-order valence-corrected chi connectivity index (χ2v) is 3.70. The summed E-state index contributed by atoms with van der Waals surface area (Å²) < 4.78 is 5.51. The molecular formula is C8H17NO3S. The van der Waals surface area contributed by atoms with Crippen LogP contribution in [0.1, 0.15) is 12.8 Å². The van der Waals surface area contributed by atoms with Gasteiger partial charge in [-0.15, -0.1) is 0 Å². The van der Waals surface area contributed by atoms with Gasteiger partial charge < -0.3 is 14.9 Å². The van der Waals surface area contributed by atoms with Crippen molar-refractivity contribution in [3.8, 4) is 0 Å². The molecule has 0 aromatic rings. The Kier molecular flexibility index (Phi) is 4.48. The van der Waals surface area contributed by atoms with Crippen LogP contribution in [-0.4, -0.2) is 47.6 Å². The first kappa shape index (κ1) is 11.3. The summed E-state index contributed by atoms with van der Waals surface area (Å²) >= 11 is 4.10. The van der Waals surface area contributed by atoms with Crippen LogP contribution in [0, 0.1) is 0 Å². The molecule has 1 aliphatic rings. The number of thiol groups is 1. The van der Waals surface area contributed by atoms with E-state index < -0.39 is 6.23 Å². The highest BCUT2D eigenvalue weighted by molar-refractivity contribution is 7.80. The third kappa shape index (κ3) is 3.11. The molecular weight excluding hydrogens is 190 g/mol. The molecule has 3 N–H and O–H groups in total. The van der Waals surface area contributed by atoms with Gasteiger partial charge >= 0.3 is 0 Å². The van der Waals surface area contributed by atoms with Gasteiger partial charge in [-0.25, -0.2) is 0 Å². The van der Waals surface area contributed by atoms with E-state index in [2.05, 4.69) is 17.9 Å². The summed E-state index contributed by atoms with van der Waals surface area (Å²) in [6.45, 7) is 0. The predicted molar refractivity (Wildman–Crippen MR) is 52.8 cm³/mol. The fourth-order valence-corrected chi connectivity index (χ4v) is 1.77. The van der Waals surface area contributed by atoms with Crippen LogP contribution in [-0.2, 0) is 4.74 Å². The van der Waals surface area contributed by atoms with Gasteiger partial charge in [0.2, 0.25) is 0 Å². The minimum absolute atomic E-state index is 0.0555. The van der Waals surface area contributed by atoms with Gasteiger partial charge in [-0.1, -0.05) is 0 Å². The van der Waals surface area contributed by atoms with Crippen LogP contribution in [0.3, 0.4) is 0 Å². The Morgan fingerprint density at radius 1 is 1.62 bits per heavy atom. The molecule has 0 amide bonds. The maximum Gasteiger partial charge on any atom is 0.131 e. The Balaban J connectivity index is 2.46. The van der Waals surface area contributed by atoms with Gasteiger partial charge in [0.05, 0.1) is 18.3 Å². The van der Waals surface area contributed by atoms with Crippen LogP contribution in [0.15, 0.2) is 0 Å². The number of rotatable bonds is 3. The highest BCUT2D eigenvalue weighted by Crippen LogP contribution is 2.21. The first-order valence-electron chi connectivity index (χ1n) is 4.47. The lowest BCUT2D eigenvalue weighted by Crippen LogP contribution is -2.47. The molecule has 1 aliphatic heterocycles. The fourth-order valence-electron chi connectivity index (χ4n) is 1.53. The van der Waals surface area contributed by atoms with Gasteiger partial charge in [0, 0.05) is 18.6 Å². The highest BCUT2D eigenvalue weighted by atomic mass is 32.1. The molecule has 1 saturated heterocycles. The maximum absolute atomic E-state index is 9.47. The van der Waals surface area contributed by atoms with E-state index in [1.165, 1.54) is 0 Å². The number of hydrogen-bond donors (Lipinski definition) is 4. The summed E-state index contributed by atoms with van der Waals surface area (Å²) in [4.78, 5) is 0. The first-order chi connectivity index (χ1) is 6.17. The van der Waals surface area contributed by atoms with Crippen LogP contribution in [0.25, 0.3) is 0 Å². The van der Waals surface area contributed by atoms with Crippen molar-refractivity contribution in [2.75, 3.05) is 12.8 Å². The topological polar surface area (TPSA) is 61.7 Å². The second kappa shape index (κ2) is 5.17. The Hall–Kier alpha value is 0.190. The van der Waals surface area contributed by atoms with E-state index in [0.717, 1.165) is 0 Å². The van der Waals surface area contributed by atoms with E-state index in [1.807, 2.05) is 0 Å². The van der Waals surface area contributed by atoms with E-state index in [1.54, 1.807) is 7.05 Å². The average molecular weight is 207 g/mol. The molecule has 13 heavy (non-hydrogen) atoms. The maximum atomic E-state index is 9.47. The number of aliphatic hydroxyl groups excluding tert-OH is 2. The zero-order valence-electron chi connectivity index (χ0n) is 7.68. The molecule has 78 valence electrons. The smallest absolute Gasteiger partial charge is 0.131 e. The zero-order valence-corrected chi connectivity index (χ0v) is 8.58. The number of aliphatic hydroxyl groups is 2. The van der Waals surface area contributed by atoms with E-state index in [-0.39, 0.29) is 18.3 Å². The van der Waals surface area contributed by atoms with Gasteiger partial charge in [-0.2, -0.15) is 12.6 Å². The highest BCUT2D eigenvalue weighted by Gasteiger charge is 2.31. The van der Waals surface area contributed by atoms with Crippen LogP contribution in [0.5, 0.6) is 0 Å². The van der Waals surface area contributed by atoms with Crippen LogP contribution >= 0.6 is 12.6 Å². The number of likely N-dealkylation sites (N-methyl/N-ethyl adjacent to an activating group) is 1. The largest absolute Gasteiger partial charge is 0.393 e. The summed E-state index contributed by atoms with van der Waals surface area (Å²) in [6, 6.07) is 0. The Labute approximate surface area is 83.7 Å². The molecule has 1 fully saturated rings. The average Bonchev–Trinajstić information content (AvgIpc) is 2.15. The lowest BCUT2D eigenvalue weighted by atomic mass is 10.0. The number of nitrogens with one attached hydrogen (secondary N) is 1. The molecule has 2 unspecified atom stereocenters. The lowest BCUT2D eigenvalue weighted by Gasteiger charge is -2.34. The summed E-state index contributed by atoms with van der Waals surface area (Å²) in [5, 5.41) is 21.6. The Morgan fingerprint density at radius 2 is 2.31 bits per heavy atom. The molecule has 0 aliphatic carbocycles. The molecule has 0 spiro atoms. The Bertz CT molecular complexity index is 158. The summed E-state index contributed by atoms with van der Waals surface area (Å²) in [5.41, 5.74) is 0. The van der Waals surface area contributed by atoms with Gasteiger partial charge in [0.1, 0.15) is 6.23 Å². The van der Waals surface area contributed by atoms with E-state index in [4.69, 9.17) is 4.74 Å². The van der Waals surface area contributed by atoms with Gasteiger partial charge in [-0.05, 0) is 7.05 Å². The normalized spacial score (nSPS) is 37.4. The molecule has 4 atom stereocenters. The van der Waals surface area contributed by atoms with Crippen molar-refractivity contribution in [2.45, 2.75) is 37.4 Å². The third-order valence-electron chi connectivity index (χ3n) is 2.26. The third-order valence-corrected chi connectivity index (χ3v) is 2.67.